The van der Waals surface area contributed by atoms with Gasteiger partial charge in [-0.15, -0.1) is 0 Å². The van der Waals surface area contributed by atoms with E-state index in [-0.39, 0.29) is 12.1 Å². The number of nitrogens with one attached hydrogen (secondary N) is 1. The number of aliphatic hydroxyl groups excluding tert-OH is 1. The van der Waals surface area contributed by atoms with Gasteiger partial charge in [-0.2, -0.15) is 0 Å². The molecule has 0 aromatic heterocycles. The first-order valence-corrected chi connectivity index (χ1v) is 6.23. The van der Waals surface area contributed by atoms with Gasteiger partial charge in [0.15, 0.2) is 0 Å². The number of ether oxygens (including phenoxy) is 1. The summed E-state index contributed by atoms with van der Waals surface area (Å²) in [5.74, 6) is 1.36. The summed E-state index contributed by atoms with van der Waals surface area (Å²) in [7, 11) is 1.66. The van der Waals surface area contributed by atoms with Gasteiger partial charge in [-0.05, 0) is 43.0 Å². The van der Waals surface area contributed by atoms with Crippen LogP contribution in [-0.2, 0) is 0 Å². The second-order valence-corrected chi connectivity index (χ2v) is 4.96. The smallest absolute Gasteiger partial charge is 0.119 e. The Balaban J connectivity index is 2.12. The van der Waals surface area contributed by atoms with E-state index in [0.717, 1.165) is 17.9 Å². The van der Waals surface area contributed by atoms with Crippen molar-refractivity contribution in [3.8, 4) is 5.75 Å². The van der Waals surface area contributed by atoms with Gasteiger partial charge in [-0.3, -0.25) is 0 Å². The standard InChI is InChI=1S/C14H21NO2/c1-11-4-3-9-14(11,10-16)15-12-5-7-13(17-2)8-6-12/h5-8,11,15-16H,3-4,9-10H2,1-2H3. The lowest BCUT2D eigenvalue weighted by atomic mass is 9.89. The number of hydrogen-bond donors (Lipinski definition) is 2. The van der Waals surface area contributed by atoms with Crippen molar-refractivity contribution in [1.29, 1.82) is 0 Å². The number of rotatable bonds is 4. The largest absolute Gasteiger partial charge is 0.497 e. The molecule has 1 saturated carbocycles. The third-order valence-corrected chi connectivity index (χ3v) is 3.97. The van der Waals surface area contributed by atoms with Crippen LogP contribution >= 0.6 is 0 Å². The first-order valence-electron chi connectivity index (χ1n) is 6.23. The second-order valence-electron chi connectivity index (χ2n) is 4.96. The van der Waals surface area contributed by atoms with Crippen LogP contribution in [0.15, 0.2) is 24.3 Å². The zero-order valence-corrected chi connectivity index (χ0v) is 10.6. The zero-order valence-electron chi connectivity index (χ0n) is 10.6. The van der Waals surface area contributed by atoms with E-state index in [2.05, 4.69) is 12.2 Å². The summed E-state index contributed by atoms with van der Waals surface area (Å²) in [6.45, 7) is 2.40. The Morgan fingerprint density at radius 3 is 2.59 bits per heavy atom. The fourth-order valence-corrected chi connectivity index (χ4v) is 2.67. The van der Waals surface area contributed by atoms with Crippen LogP contribution in [0.3, 0.4) is 0 Å². The molecule has 1 aliphatic carbocycles. The van der Waals surface area contributed by atoms with Gasteiger partial charge in [0.2, 0.25) is 0 Å². The van der Waals surface area contributed by atoms with E-state index in [9.17, 15) is 5.11 Å². The fraction of sp³-hybridized carbons (Fsp3) is 0.571. The quantitative estimate of drug-likeness (QED) is 0.843. The molecule has 3 nitrogen and oxygen atoms in total. The Labute approximate surface area is 103 Å². The summed E-state index contributed by atoms with van der Waals surface area (Å²) < 4.78 is 5.13. The van der Waals surface area contributed by atoms with Crippen molar-refractivity contribution in [2.45, 2.75) is 31.7 Å². The summed E-state index contributed by atoms with van der Waals surface area (Å²) in [5, 5.41) is 13.2. The summed E-state index contributed by atoms with van der Waals surface area (Å²) >= 11 is 0. The van der Waals surface area contributed by atoms with Crippen LogP contribution in [0.1, 0.15) is 26.2 Å². The maximum absolute atomic E-state index is 9.66. The van der Waals surface area contributed by atoms with E-state index in [1.807, 2.05) is 24.3 Å². The zero-order chi connectivity index (χ0) is 12.3. The molecule has 2 rings (SSSR count). The number of hydrogen-bond acceptors (Lipinski definition) is 3. The summed E-state index contributed by atoms with van der Waals surface area (Å²) in [5.41, 5.74) is 0.905. The fourth-order valence-electron chi connectivity index (χ4n) is 2.67. The molecule has 1 fully saturated rings. The van der Waals surface area contributed by atoms with Gasteiger partial charge in [0.05, 0.1) is 19.3 Å². The van der Waals surface area contributed by atoms with Gasteiger partial charge in [-0.1, -0.05) is 13.3 Å². The molecule has 0 radical (unpaired) electrons. The molecule has 17 heavy (non-hydrogen) atoms. The highest BCUT2D eigenvalue weighted by Gasteiger charge is 2.39. The van der Waals surface area contributed by atoms with Crippen molar-refractivity contribution in [1.82, 2.24) is 0 Å². The summed E-state index contributed by atoms with van der Waals surface area (Å²) in [6, 6.07) is 7.88. The van der Waals surface area contributed by atoms with Crippen molar-refractivity contribution in [2.75, 3.05) is 19.0 Å². The minimum Gasteiger partial charge on any atom is -0.497 e. The number of methoxy groups -OCH3 is 1. The minimum atomic E-state index is -0.144. The molecule has 1 aromatic rings. The van der Waals surface area contributed by atoms with Crippen molar-refractivity contribution in [3.63, 3.8) is 0 Å². The van der Waals surface area contributed by atoms with Crippen LogP contribution in [0.5, 0.6) is 5.75 Å². The van der Waals surface area contributed by atoms with Crippen LogP contribution in [0.2, 0.25) is 0 Å². The van der Waals surface area contributed by atoms with Crippen molar-refractivity contribution < 1.29 is 9.84 Å². The van der Waals surface area contributed by atoms with Gasteiger partial charge < -0.3 is 15.2 Å². The summed E-state index contributed by atoms with van der Waals surface area (Å²) in [6.07, 6.45) is 3.41. The molecule has 1 aromatic carbocycles. The van der Waals surface area contributed by atoms with Gasteiger partial charge >= 0.3 is 0 Å². The molecule has 0 bridgehead atoms. The first kappa shape index (κ1) is 12.2. The Hall–Kier alpha value is -1.22. The van der Waals surface area contributed by atoms with Crippen LogP contribution in [0.25, 0.3) is 0 Å². The minimum absolute atomic E-state index is 0.144. The molecule has 2 N–H and O–H groups in total. The normalized spacial score (nSPS) is 28.1. The SMILES string of the molecule is COc1ccc(NC2(CO)CCCC2C)cc1. The van der Waals surface area contributed by atoms with Crippen molar-refractivity contribution in [3.05, 3.63) is 24.3 Å². The number of aliphatic hydroxyl groups is 1. The van der Waals surface area contributed by atoms with Crippen LogP contribution < -0.4 is 10.1 Å². The van der Waals surface area contributed by atoms with Crippen LogP contribution in [0, 0.1) is 5.92 Å². The molecular formula is C14H21NO2. The Kier molecular flexibility index (Phi) is 3.57. The highest BCUT2D eigenvalue weighted by atomic mass is 16.5. The third-order valence-electron chi connectivity index (χ3n) is 3.97. The Morgan fingerprint density at radius 1 is 1.41 bits per heavy atom. The van der Waals surface area contributed by atoms with E-state index >= 15 is 0 Å². The van der Waals surface area contributed by atoms with E-state index < -0.39 is 0 Å². The Bertz CT molecular complexity index is 363. The van der Waals surface area contributed by atoms with E-state index in [1.54, 1.807) is 7.11 Å². The molecule has 2 atom stereocenters. The highest BCUT2D eigenvalue weighted by molar-refractivity contribution is 5.49. The van der Waals surface area contributed by atoms with Gasteiger partial charge in [0.1, 0.15) is 5.75 Å². The molecular weight excluding hydrogens is 214 g/mol. The molecule has 0 saturated heterocycles. The number of benzene rings is 1. The average molecular weight is 235 g/mol. The second kappa shape index (κ2) is 4.96. The average Bonchev–Trinajstić information content (AvgIpc) is 2.72. The molecule has 1 aliphatic rings. The molecule has 94 valence electrons. The topological polar surface area (TPSA) is 41.5 Å². The van der Waals surface area contributed by atoms with Crippen molar-refractivity contribution in [2.24, 2.45) is 5.92 Å². The first-order chi connectivity index (χ1) is 8.20. The highest BCUT2D eigenvalue weighted by Crippen LogP contribution is 2.38. The van der Waals surface area contributed by atoms with Crippen LogP contribution in [-0.4, -0.2) is 24.4 Å². The third kappa shape index (κ3) is 2.39. The molecule has 3 heteroatoms. The van der Waals surface area contributed by atoms with E-state index in [1.165, 1.54) is 12.8 Å². The molecule has 2 unspecified atom stereocenters. The molecule has 0 heterocycles. The lowest BCUT2D eigenvalue weighted by Crippen LogP contribution is -2.44. The lowest BCUT2D eigenvalue weighted by molar-refractivity contribution is 0.184. The molecule has 0 spiro atoms. The van der Waals surface area contributed by atoms with Gasteiger partial charge in [0.25, 0.3) is 0 Å². The van der Waals surface area contributed by atoms with E-state index in [4.69, 9.17) is 4.74 Å². The van der Waals surface area contributed by atoms with Crippen LogP contribution in [0.4, 0.5) is 5.69 Å². The van der Waals surface area contributed by atoms with Gasteiger partial charge in [0, 0.05) is 5.69 Å². The molecule has 0 aliphatic heterocycles. The Morgan fingerprint density at radius 2 is 2.12 bits per heavy atom. The van der Waals surface area contributed by atoms with Crippen molar-refractivity contribution >= 4 is 5.69 Å². The van der Waals surface area contributed by atoms with Gasteiger partial charge in [-0.25, -0.2) is 0 Å². The monoisotopic (exact) mass is 235 g/mol. The predicted octanol–water partition coefficient (Wildman–Crippen LogP) is 2.66. The maximum Gasteiger partial charge on any atom is 0.119 e. The molecule has 0 amide bonds. The lowest BCUT2D eigenvalue weighted by Gasteiger charge is -2.34. The maximum atomic E-state index is 9.66. The van der Waals surface area contributed by atoms with E-state index in [0.29, 0.717) is 5.92 Å². The number of anilines is 1. The predicted molar refractivity (Wildman–Crippen MR) is 69.4 cm³/mol. The summed E-state index contributed by atoms with van der Waals surface area (Å²) in [4.78, 5) is 0.